The highest BCUT2D eigenvalue weighted by atomic mass is 16.7. The number of alkyl carbamates (subject to hydrolysis) is 1. The number of carbonyl (C=O) groups is 1. The van der Waals surface area contributed by atoms with Gasteiger partial charge >= 0.3 is 13.2 Å². The lowest BCUT2D eigenvalue weighted by atomic mass is 9.43. The molecule has 1 aromatic rings. The molecule has 8 atom stereocenters. The fraction of sp³-hybridized carbons (Fsp3) is 0.731. The van der Waals surface area contributed by atoms with E-state index in [9.17, 15) is 4.79 Å². The van der Waals surface area contributed by atoms with Crippen LogP contribution in [-0.2, 0) is 20.5 Å². The van der Waals surface area contributed by atoms with Gasteiger partial charge in [-0.2, -0.15) is 0 Å². The van der Waals surface area contributed by atoms with Gasteiger partial charge in [-0.3, -0.25) is 0 Å². The normalized spacial score (nSPS) is 40.4. The highest BCUT2D eigenvalue weighted by Gasteiger charge is 2.68. The Kier molecular flexibility index (Phi) is 5.13. The zero-order valence-corrected chi connectivity index (χ0v) is 20.3. The zero-order valence-electron chi connectivity index (χ0n) is 20.3. The molecule has 2 saturated heterocycles. The van der Waals surface area contributed by atoms with E-state index in [1.807, 2.05) is 0 Å². The number of hydrogen-bond donors (Lipinski definition) is 2. The number of fused-ring (bicyclic) bond motifs is 1. The molecule has 7 rings (SSSR count). The number of piperidine rings is 1. The molecule has 0 aromatic heterocycles. The Hall–Kier alpha value is -1.57. The van der Waals surface area contributed by atoms with Crippen molar-refractivity contribution in [1.82, 2.24) is 10.6 Å². The van der Waals surface area contributed by atoms with Gasteiger partial charge in [-0.1, -0.05) is 43.7 Å². The van der Waals surface area contributed by atoms with E-state index in [0.29, 0.717) is 36.8 Å². The lowest BCUT2D eigenvalue weighted by Crippen LogP contribution is -2.65. The van der Waals surface area contributed by atoms with Crippen molar-refractivity contribution in [3.8, 4) is 0 Å². The van der Waals surface area contributed by atoms with E-state index in [1.54, 1.807) is 0 Å². The molecule has 4 saturated carbocycles. The van der Waals surface area contributed by atoms with Crippen molar-refractivity contribution < 1.29 is 18.8 Å². The summed E-state index contributed by atoms with van der Waals surface area (Å²) in [5.41, 5.74) is 2.37. The average molecular weight is 452 g/mol. The molecule has 1 aromatic carbocycles. The smallest absolute Gasteiger partial charge is 0.448 e. The largest absolute Gasteiger partial charge is 0.482 e. The lowest BCUT2D eigenvalue weighted by molar-refractivity contribution is -0.199. The number of carbonyl (C=O) groups excluding carboxylic acids is 1. The number of amides is 1. The fourth-order valence-corrected chi connectivity index (χ4v) is 7.26. The van der Waals surface area contributed by atoms with Gasteiger partial charge in [0.2, 0.25) is 0 Å². The van der Waals surface area contributed by atoms with Crippen LogP contribution in [0.4, 0.5) is 4.79 Å². The molecule has 2 bridgehead atoms. The van der Waals surface area contributed by atoms with E-state index < -0.39 is 7.12 Å². The van der Waals surface area contributed by atoms with Gasteiger partial charge in [0.05, 0.1) is 17.6 Å². The minimum absolute atomic E-state index is 0.0899. The van der Waals surface area contributed by atoms with Gasteiger partial charge in [0.15, 0.2) is 0 Å². The topological polar surface area (TPSA) is 68.8 Å². The SMILES string of the molecule is Cc1ccc(C[C@H](NC(=O)OC[C@@H]2NC[C@@H]3C[C@@H]32)B2O[C@@H]3C[C@@H]4C[C@@H](C4(C)C)[C@]3(C)O2)cc1. The van der Waals surface area contributed by atoms with Gasteiger partial charge in [0, 0.05) is 6.04 Å². The second-order valence-corrected chi connectivity index (χ2v) is 12.1. The van der Waals surface area contributed by atoms with Crippen LogP contribution in [0.5, 0.6) is 0 Å². The first kappa shape index (κ1) is 21.9. The third-order valence-corrected chi connectivity index (χ3v) is 9.71. The molecule has 2 aliphatic heterocycles. The first-order chi connectivity index (χ1) is 15.7. The van der Waals surface area contributed by atoms with Gasteiger partial charge in [-0.15, -0.1) is 0 Å². The van der Waals surface area contributed by atoms with E-state index >= 15 is 0 Å². The predicted molar refractivity (Wildman–Crippen MR) is 127 cm³/mol. The van der Waals surface area contributed by atoms with Gasteiger partial charge < -0.3 is 24.7 Å². The zero-order chi connectivity index (χ0) is 23.0. The molecule has 178 valence electrons. The number of aryl methyl sites for hydroxylation is 1. The number of benzene rings is 1. The summed E-state index contributed by atoms with van der Waals surface area (Å²) in [5.74, 6) is 2.36. The molecule has 6 fully saturated rings. The Bertz CT molecular complexity index is 923. The van der Waals surface area contributed by atoms with Crippen molar-refractivity contribution in [3.63, 3.8) is 0 Å². The maximum Gasteiger partial charge on any atom is 0.482 e. The van der Waals surface area contributed by atoms with E-state index in [4.69, 9.17) is 14.0 Å². The molecule has 6 aliphatic rings. The summed E-state index contributed by atoms with van der Waals surface area (Å²) in [4.78, 5) is 12.8. The van der Waals surface area contributed by atoms with Crippen LogP contribution < -0.4 is 10.6 Å². The third kappa shape index (κ3) is 3.71. The van der Waals surface area contributed by atoms with Gasteiger partial charge in [-0.05, 0) is 80.7 Å². The molecule has 0 radical (unpaired) electrons. The highest BCUT2D eigenvalue weighted by Crippen LogP contribution is 2.65. The number of ether oxygens (including phenoxy) is 1. The number of hydrogen-bond acceptors (Lipinski definition) is 5. The molecule has 2 N–H and O–H groups in total. The Balaban J connectivity index is 1.15. The van der Waals surface area contributed by atoms with Crippen LogP contribution in [0.15, 0.2) is 24.3 Å². The van der Waals surface area contributed by atoms with Crippen LogP contribution in [0, 0.1) is 36.0 Å². The Morgan fingerprint density at radius 2 is 2.03 bits per heavy atom. The van der Waals surface area contributed by atoms with E-state index in [2.05, 4.69) is 62.6 Å². The van der Waals surface area contributed by atoms with Crippen LogP contribution in [0.25, 0.3) is 0 Å². The molecular formula is C26H37BN2O4. The molecule has 2 heterocycles. The van der Waals surface area contributed by atoms with E-state index in [1.165, 1.54) is 18.4 Å². The van der Waals surface area contributed by atoms with Crippen LogP contribution in [0.3, 0.4) is 0 Å². The standard InChI is InChI=1S/C26H37BN2O4/c1-15-5-7-16(8-6-15)9-23(29-24(30)31-14-20-19-10-17(19)13-28-20)27-32-22-12-18-11-21(25(18,2)3)26(22,4)33-27/h5-8,17-23,28H,9-14H2,1-4H3,(H,29,30)/t17-,18-,19-,20-,21-,22+,23-,26-/m0/s1. The summed E-state index contributed by atoms with van der Waals surface area (Å²) in [6.45, 7) is 10.5. The van der Waals surface area contributed by atoms with Gasteiger partial charge in [-0.25, -0.2) is 4.79 Å². The van der Waals surface area contributed by atoms with Crippen LogP contribution in [0.2, 0.25) is 0 Å². The maximum absolute atomic E-state index is 12.8. The number of nitrogens with one attached hydrogen (secondary N) is 2. The van der Waals surface area contributed by atoms with Crippen molar-refractivity contribution >= 4 is 13.2 Å². The van der Waals surface area contributed by atoms with Crippen molar-refractivity contribution in [3.05, 3.63) is 35.4 Å². The molecule has 0 unspecified atom stereocenters. The lowest BCUT2D eigenvalue weighted by Gasteiger charge is -2.64. The molecule has 6 nitrogen and oxygen atoms in total. The molecule has 7 heteroatoms. The average Bonchev–Trinajstić information content (AvgIpc) is 3.30. The van der Waals surface area contributed by atoms with Crippen molar-refractivity contribution in [2.24, 2.45) is 29.1 Å². The Morgan fingerprint density at radius 3 is 2.70 bits per heavy atom. The highest BCUT2D eigenvalue weighted by molar-refractivity contribution is 6.47. The molecule has 0 spiro atoms. The summed E-state index contributed by atoms with van der Waals surface area (Å²) in [6, 6.07) is 8.75. The summed E-state index contributed by atoms with van der Waals surface area (Å²) in [6.07, 6.45) is 3.87. The second-order valence-electron chi connectivity index (χ2n) is 12.1. The second kappa shape index (κ2) is 7.72. The Labute approximate surface area is 197 Å². The summed E-state index contributed by atoms with van der Waals surface area (Å²) in [5, 5.41) is 6.58. The van der Waals surface area contributed by atoms with E-state index in [0.717, 1.165) is 24.4 Å². The number of rotatable bonds is 6. The maximum atomic E-state index is 12.8. The van der Waals surface area contributed by atoms with Crippen molar-refractivity contribution in [1.29, 1.82) is 0 Å². The first-order valence-corrected chi connectivity index (χ1v) is 12.8. The minimum atomic E-state index is -0.471. The summed E-state index contributed by atoms with van der Waals surface area (Å²) < 4.78 is 18.9. The van der Waals surface area contributed by atoms with Crippen LogP contribution in [0.1, 0.15) is 51.2 Å². The molecular weight excluding hydrogens is 415 g/mol. The fourth-order valence-electron chi connectivity index (χ4n) is 7.26. The Morgan fingerprint density at radius 1 is 1.24 bits per heavy atom. The van der Waals surface area contributed by atoms with Gasteiger partial charge in [0.1, 0.15) is 6.61 Å². The van der Waals surface area contributed by atoms with Crippen molar-refractivity contribution in [2.45, 2.75) is 77.1 Å². The van der Waals surface area contributed by atoms with Crippen LogP contribution >= 0.6 is 0 Å². The van der Waals surface area contributed by atoms with Gasteiger partial charge in [0.25, 0.3) is 0 Å². The predicted octanol–water partition coefficient (Wildman–Crippen LogP) is 3.51. The summed E-state index contributed by atoms with van der Waals surface area (Å²) >= 11 is 0. The van der Waals surface area contributed by atoms with E-state index in [-0.39, 0.29) is 29.2 Å². The molecule has 1 amide bonds. The van der Waals surface area contributed by atoms with Crippen molar-refractivity contribution in [2.75, 3.05) is 13.2 Å². The third-order valence-electron chi connectivity index (χ3n) is 9.71. The summed E-state index contributed by atoms with van der Waals surface area (Å²) in [7, 11) is -0.471. The monoisotopic (exact) mass is 452 g/mol. The quantitative estimate of drug-likeness (QED) is 0.647. The first-order valence-electron chi connectivity index (χ1n) is 12.8. The molecule has 33 heavy (non-hydrogen) atoms. The van der Waals surface area contributed by atoms with Crippen LogP contribution in [-0.4, -0.2) is 50.1 Å². The molecule has 4 aliphatic carbocycles. The minimum Gasteiger partial charge on any atom is -0.448 e.